The molecule has 0 nitrogen and oxygen atoms in total. The van der Waals surface area contributed by atoms with Crippen LogP contribution in [0.3, 0.4) is 0 Å². The Morgan fingerprint density at radius 1 is 0.553 bits per heavy atom. The molecule has 4 aromatic rings. The monoisotopic (exact) mass is 688 g/mol. The summed E-state index contributed by atoms with van der Waals surface area (Å²) in [5.41, 5.74) is 9.64. The molecular weight excluding hydrogens is 653 g/mol. The molecule has 2 atom stereocenters. The molecular formula is C34H34F2HfSi. The molecule has 0 bridgehead atoms. The number of hydrogen-bond donors (Lipinski definition) is 0. The molecule has 0 amide bonds. The Morgan fingerprint density at radius 3 is 1.29 bits per heavy atom. The number of benzene rings is 4. The topological polar surface area (TPSA) is 0 Å². The van der Waals surface area contributed by atoms with E-state index in [0.717, 1.165) is 22.3 Å². The van der Waals surface area contributed by atoms with Gasteiger partial charge in [0.25, 0.3) is 0 Å². The maximum atomic E-state index is 13.7. The van der Waals surface area contributed by atoms with E-state index < -0.39 is 14.2 Å². The number of fused-ring (bicyclic) bond motifs is 2. The zero-order valence-corrected chi connectivity index (χ0v) is 27.5. The minimum absolute atomic E-state index is 0.216. The molecule has 38 heavy (non-hydrogen) atoms. The first-order valence-corrected chi connectivity index (χ1v) is 40.3. The van der Waals surface area contributed by atoms with Gasteiger partial charge >= 0.3 is 221 Å². The summed E-state index contributed by atoms with van der Waals surface area (Å²) in [5.74, 6) is -0.432. The van der Waals surface area contributed by atoms with Crippen molar-refractivity contribution in [1.82, 2.24) is 0 Å². The van der Waals surface area contributed by atoms with E-state index in [0.29, 0.717) is 7.35 Å². The summed E-state index contributed by atoms with van der Waals surface area (Å²) in [7, 11) is 0. The quantitative estimate of drug-likeness (QED) is 0.188. The summed E-state index contributed by atoms with van der Waals surface area (Å²) in [6, 6.07) is 26.9. The molecule has 0 saturated carbocycles. The van der Waals surface area contributed by atoms with Crippen molar-refractivity contribution in [1.29, 1.82) is 0 Å². The average molecular weight is 687 g/mol. The van der Waals surface area contributed by atoms with Crippen molar-refractivity contribution in [3.8, 4) is 22.3 Å². The third-order valence-corrected chi connectivity index (χ3v) is 43.9. The Kier molecular flexibility index (Phi) is 4.90. The molecule has 0 fully saturated rings. The van der Waals surface area contributed by atoms with Crippen molar-refractivity contribution in [3.05, 3.63) is 131 Å². The predicted octanol–water partition coefficient (Wildman–Crippen LogP) is 9.64. The van der Waals surface area contributed by atoms with Crippen LogP contribution in [0, 0.1) is 11.6 Å². The van der Waals surface area contributed by atoms with E-state index in [1.807, 2.05) is 24.3 Å². The van der Waals surface area contributed by atoms with Gasteiger partial charge in [-0.25, -0.2) is 0 Å². The maximum absolute atomic E-state index is 13.7. The van der Waals surface area contributed by atoms with Gasteiger partial charge in [0.1, 0.15) is 0 Å². The Labute approximate surface area is 220 Å². The predicted molar refractivity (Wildman–Crippen MR) is 159 cm³/mol. The Morgan fingerprint density at radius 2 is 0.921 bits per heavy atom. The van der Waals surface area contributed by atoms with E-state index in [1.54, 1.807) is 0 Å². The minimum atomic E-state index is -4.82. The standard InChI is InChI=1S/2C15H10F.4CH3.Hf.H2Si/c2*16-13-9-7-12(8-10-13)15-6-2-4-11-3-1-5-14(11)15;;;;;;/h2*1-10H;4*1H3;;1H2. The second kappa shape index (κ2) is 7.28. The number of rotatable bonds is 4. The SMILES string of the molecule is [CH3][Hf]([CH3])([CH3])([CH3])(=[SiH2])([CH]1C=Cc2c(-c3ccc(F)cc3)cccc21)[CH]1C=Cc2c(-c3ccc(F)cc3)cccc21. The molecule has 0 aromatic heterocycles. The van der Waals surface area contributed by atoms with Crippen LogP contribution in [-0.4, -0.2) is 6.94 Å². The van der Waals surface area contributed by atoms with Crippen molar-refractivity contribution < 1.29 is 23.0 Å². The average Bonchev–Trinajstić information content (AvgIpc) is 3.51. The first-order valence-electron chi connectivity index (χ1n) is 13.4. The second-order valence-corrected chi connectivity index (χ2v) is 102. The van der Waals surface area contributed by atoms with E-state index in [2.05, 4.69) is 86.4 Å². The molecule has 0 spiro atoms. The summed E-state index contributed by atoms with van der Waals surface area (Å²) in [4.78, 5) is 0. The van der Waals surface area contributed by atoms with Crippen LogP contribution in [0.4, 0.5) is 8.78 Å². The fourth-order valence-corrected chi connectivity index (χ4v) is 36.1. The summed E-state index contributed by atoms with van der Waals surface area (Å²) < 4.78 is 38.4. The number of hydrogen-bond acceptors (Lipinski definition) is 0. The van der Waals surface area contributed by atoms with E-state index in [-0.39, 0.29) is 11.6 Å². The van der Waals surface area contributed by atoms with Crippen LogP contribution in [0.5, 0.6) is 0 Å². The molecule has 0 aliphatic heterocycles. The molecule has 0 N–H and O–H groups in total. The van der Waals surface area contributed by atoms with E-state index in [9.17, 15) is 8.78 Å². The molecule has 2 unspecified atom stereocenters. The van der Waals surface area contributed by atoms with Crippen LogP contribution < -0.4 is 0 Å². The Bertz CT molecular complexity index is 1680. The number of halogens is 2. The molecule has 0 radical (unpaired) electrons. The zero-order chi connectivity index (χ0) is 27.0. The van der Waals surface area contributed by atoms with Crippen LogP contribution >= 0.6 is 0 Å². The fraction of sp³-hybridized carbons (Fsp3) is 0.176. The van der Waals surface area contributed by atoms with Crippen molar-refractivity contribution in [2.45, 2.75) is 26.1 Å². The summed E-state index contributed by atoms with van der Waals surface area (Å²) in [6.45, 7) is 2.30. The molecule has 0 saturated heterocycles. The van der Waals surface area contributed by atoms with Crippen molar-refractivity contribution in [2.75, 3.05) is 0 Å². The zero-order valence-electron chi connectivity index (χ0n) is 22.5. The molecule has 2 aliphatic carbocycles. The van der Waals surface area contributed by atoms with Gasteiger partial charge in [0.15, 0.2) is 0 Å². The van der Waals surface area contributed by atoms with Crippen molar-refractivity contribution in [3.63, 3.8) is 0 Å². The van der Waals surface area contributed by atoms with Crippen molar-refractivity contribution >= 4 is 19.1 Å². The van der Waals surface area contributed by atoms with Gasteiger partial charge in [0.2, 0.25) is 0 Å². The molecule has 4 heteroatoms. The summed E-state index contributed by atoms with van der Waals surface area (Å²) >= 11 is -4.82. The molecule has 2 aliphatic rings. The van der Waals surface area contributed by atoms with Crippen LogP contribution in [0.2, 0.25) is 18.7 Å². The first kappa shape index (κ1) is 25.6. The summed E-state index contributed by atoms with van der Waals surface area (Å²) in [5, 5.41) is 0. The van der Waals surface area contributed by atoms with Crippen LogP contribution in [0.1, 0.15) is 29.6 Å². The third kappa shape index (κ3) is 3.83. The summed E-state index contributed by atoms with van der Waals surface area (Å²) in [6.07, 6.45) is 9.50. The van der Waals surface area contributed by atoms with Gasteiger partial charge in [-0.05, 0) is 0 Å². The van der Waals surface area contributed by atoms with E-state index in [1.165, 1.54) is 46.5 Å². The van der Waals surface area contributed by atoms with E-state index in [4.69, 9.17) is 0 Å². The van der Waals surface area contributed by atoms with Crippen LogP contribution in [0.25, 0.3) is 34.4 Å². The van der Waals surface area contributed by atoms with Gasteiger partial charge in [-0.15, -0.1) is 0 Å². The van der Waals surface area contributed by atoms with Gasteiger partial charge in [-0.1, -0.05) is 0 Å². The van der Waals surface area contributed by atoms with Crippen molar-refractivity contribution in [2.24, 2.45) is 0 Å². The molecule has 4 aromatic carbocycles. The number of allylic oxidation sites excluding steroid dienone is 2. The molecule has 0 heterocycles. The third-order valence-electron chi connectivity index (χ3n) is 9.46. The van der Waals surface area contributed by atoms with Gasteiger partial charge in [0, 0.05) is 0 Å². The van der Waals surface area contributed by atoms with Gasteiger partial charge in [-0.2, -0.15) is 0 Å². The fourth-order valence-electron chi connectivity index (χ4n) is 7.29. The normalized spacial score (nSPS) is 20.7. The van der Waals surface area contributed by atoms with Gasteiger partial charge < -0.3 is 0 Å². The van der Waals surface area contributed by atoms with Crippen LogP contribution in [0.15, 0.2) is 97.1 Å². The van der Waals surface area contributed by atoms with Crippen LogP contribution in [-0.2, 0) is 14.2 Å². The Hall–Kier alpha value is -2.69. The first-order chi connectivity index (χ1) is 17.7. The van der Waals surface area contributed by atoms with E-state index >= 15 is 0 Å². The van der Waals surface area contributed by atoms with Gasteiger partial charge in [-0.3, -0.25) is 0 Å². The van der Waals surface area contributed by atoms with Gasteiger partial charge in [0.05, 0.1) is 0 Å². The Balaban J connectivity index is 1.51. The molecule has 6 rings (SSSR count). The molecule has 192 valence electrons. The second-order valence-electron chi connectivity index (χ2n) is 15.6.